The lowest BCUT2D eigenvalue weighted by Crippen LogP contribution is -2.59. The Bertz CT molecular complexity index is 1290. The minimum atomic E-state index is -0.721. The van der Waals surface area contributed by atoms with Gasteiger partial charge in [-0.25, -0.2) is 4.90 Å². The van der Waals surface area contributed by atoms with Gasteiger partial charge >= 0.3 is 0 Å². The van der Waals surface area contributed by atoms with Gasteiger partial charge in [-0.3, -0.25) is 19.7 Å². The summed E-state index contributed by atoms with van der Waals surface area (Å²) >= 11 is 3.26. The van der Waals surface area contributed by atoms with Crippen LogP contribution < -0.4 is 4.90 Å². The topological polar surface area (TPSA) is 80.5 Å². The molecule has 3 aromatic rings. The fraction of sp³-hybridized carbons (Fsp3) is 0.231. The molecule has 3 aliphatic carbocycles. The van der Waals surface area contributed by atoms with Crippen LogP contribution in [0.25, 0.3) is 0 Å². The molecule has 2 atom stereocenters. The Labute approximate surface area is 198 Å². The molecule has 6 nitrogen and oxygen atoms in total. The van der Waals surface area contributed by atoms with Crippen molar-refractivity contribution in [2.24, 2.45) is 11.8 Å². The second-order valence-corrected chi connectivity index (χ2v) is 10.3. The number of nitrogens with zero attached hydrogens (tertiary/aromatic N) is 2. The van der Waals surface area contributed by atoms with E-state index in [0.717, 1.165) is 27.2 Å². The summed E-state index contributed by atoms with van der Waals surface area (Å²) < 4.78 is 0.508. The van der Waals surface area contributed by atoms with Gasteiger partial charge in [0, 0.05) is 21.4 Å². The van der Waals surface area contributed by atoms with E-state index in [9.17, 15) is 19.7 Å². The van der Waals surface area contributed by atoms with Gasteiger partial charge in [0.2, 0.25) is 11.8 Å². The molecule has 1 heterocycles. The quantitative estimate of drug-likeness (QED) is 0.277. The molecule has 7 heteroatoms. The number of hydrogen-bond donors (Lipinski definition) is 0. The molecule has 0 saturated carbocycles. The lowest BCUT2D eigenvalue weighted by molar-refractivity contribution is -0.384. The number of amides is 2. The zero-order valence-electron chi connectivity index (χ0n) is 17.9. The number of carbonyl (C=O) groups is 2. The second-order valence-electron chi connectivity index (χ2n) is 9.35. The van der Waals surface area contributed by atoms with Crippen LogP contribution in [0.15, 0.2) is 71.2 Å². The average molecular weight is 503 g/mol. The predicted octanol–water partition coefficient (Wildman–Crippen LogP) is 5.10. The molecule has 0 spiro atoms. The summed E-state index contributed by atoms with van der Waals surface area (Å²) in [7, 11) is 0. The van der Waals surface area contributed by atoms with Gasteiger partial charge in [-0.15, -0.1) is 0 Å². The summed E-state index contributed by atoms with van der Waals surface area (Å²) in [4.78, 5) is 40.4. The van der Waals surface area contributed by atoms with Crippen molar-refractivity contribution in [1.29, 1.82) is 0 Å². The summed E-state index contributed by atoms with van der Waals surface area (Å²) in [5, 5.41) is 11.8. The first-order valence-electron chi connectivity index (χ1n) is 10.7. The maximum Gasteiger partial charge on any atom is 0.294 e. The molecule has 0 N–H and O–H groups in total. The normalized spacial score (nSPS) is 29.0. The van der Waals surface area contributed by atoms with Crippen molar-refractivity contribution >= 4 is 39.1 Å². The first kappa shape index (κ1) is 20.3. The number of halogens is 1. The van der Waals surface area contributed by atoms with Crippen LogP contribution in [-0.4, -0.2) is 16.7 Å². The first-order valence-corrected chi connectivity index (χ1v) is 11.5. The van der Waals surface area contributed by atoms with Crippen LogP contribution in [0.2, 0.25) is 0 Å². The summed E-state index contributed by atoms with van der Waals surface area (Å²) in [6.45, 7) is 4.07. The Kier molecular flexibility index (Phi) is 3.93. The number of imide groups is 1. The van der Waals surface area contributed by atoms with Gasteiger partial charge in [0.15, 0.2) is 0 Å². The highest BCUT2D eigenvalue weighted by Gasteiger charge is 2.71. The van der Waals surface area contributed by atoms with E-state index >= 15 is 0 Å². The Morgan fingerprint density at radius 2 is 1.24 bits per heavy atom. The van der Waals surface area contributed by atoms with Crippen molar-refractivity contribution < 1.29 is 14.5 Å². The standard InChI is InChI=1S/C26H19BrN2O4/c1-25-15-7-3-5-9-17(15)26(2,18-10-6-4-8-16(18)25)22-21(25)23(30)28(24(22)31)19-12-11-14(27)13-20(19)29(32)33/h3-13,21-22H,1-2H3. The van der Waals surface area contributed by atoms with E-state index in [4.69, 9.17) is 0 Å². The highest BCUT2D eigenvalue weighted by atomic mass is 79.9. The van der Waals surface area contributed by atoms with Crippen LogP contribution in [0.3, 0.4) is 0 Å². The second kappa shape index (κ2) is 6.38. The Morgan fingerprint density at radius 1 is 0.818 bits per heavy atom. The van der Waals surface area contributed by atoms with Crippen LogP contribution in [-0.2, 0) is 20.4 Å². The Hall–Kier alpha value is -3.32. The van der Waals surface area contributed by atoms with Crippen LogP contribution in [0.1, 0.15) is 36.1 Å². The van der Waals surface area contributed by atoms with Crippen molar-refractivity contribution in [1.82, 2.24) is 0 Å². The molecule has 164 valence electrons. The SMILES string of the molecule is CC12c3ccccc3C(C)(c3ccccc31)C1C(=O)N(c3ccc(Br)cc3[N+](=O)[O-])C(=O)C12. The Balaban J connectivity index is 1.65. The maximum absolute atomic E-state index is 14.0. The number of anilines is 1. The van der Waals surface area contributed by atoms with Gasteiger partial charge in [0.1, 0.15) is 5.69 Å². The highest BCUT2D eigenvalue weighted by molar-refractivity contribution is 9.10. The molecule has 7 rings (SSSR count). The van der Waals surface area contributed by atoms with Crippen LogP contribution in [0, 0.1) is 22.0 Å². The third-order valence-corrected chi connectivity index (χ3v) is 8.51. The van der Waals surface area contributed by atoms with Crippen LogP contribution >= 0.6 is 15.9 Å². The van der Waals surface area contributed by atoms with Crippen LogP contribution in [0.4, 0.5) is 11.4 Å². The molecule has 3 aromatic carbocycles. The molecule has 2 bridgehead atoms. The third kappa shape index (κ3) is 2.23. The third-order valence-electron chi connectivity index (χ3n) is 8.02. The molecule has 2 unspecified atom stereocenters. The zero-order valence-corrected chi connectivity index (χ0v) is 19.5. The number of rotatable bonds is 2. The van der Waals surface area contributed by atoms with Gasteiger partial charge in [-0.1, -0.05) is 78.3 Å². The lowest BCUT2D eigenvalue weighted by atomic mass is 9.42. The van der Waals surface area contributed by atoms with Gasteiger partial charge in [0.25, 0.3) is 5.69 Å². The number of nitro benzene ring substituents is 1. The van der Waals surface area contributed by atoms with E-state index in [0.29, 0.717) is 4.47 Å². The Morgan fingerprint density at radius 3 is 1.64 bits per heavy atom. The van der Waals surface area contributed by atoms with E-state index in [2.05, 4.69) is 15.9 Å². The first-order chi connectivity index (χ1) is 15.7. The summed E-state index contributed by atoms with van der Waals surface area (Å²) in [6.07, 6.45) is 0. The minimum absolute atomic E-state index is 0.0207. The van der Waals surface area contributed by atoms with Gasteiger partial charge in [-0.05, 0) is 34.4 Å². The predicted molar refractivity (Wildman–Crippen MR) is 126 cm³/mol. The van der Waals surface area contributed by atoms with Crippen molar-refractivity contribution in [2.45, 2.75) is 24.7 Å². The van der Waals surface area contributed by atoms with Crippen molar-refractivity contribution in [3.8, 4) is 0 Å². The molecular weight excluding hydrogens is 484 g/mol. The summed E-state index contributed by atoms with van der Waals surface area (Å²) in [5.41, 5.74) is 2.47. The summed E-state index contributed by atoms with van der Waals surface area (Å²) in [6, 6.07) is 20.5. The monoisotopic (exact) mass is 502 g/mol. The highest BCUT2D eigenvalue weighted by Crippen LogP contribution is 2.66. The van der Waals surface area contributed by atoms with E-state index in [1.54, 1.807) is 6.07 Å². The molecule has 2 amide bonds. The van der Waals surface area contributed by atoms with Gasteiger partial charge in [-0.2, -0.15) is 0 Å². The van der Waals surface area contributed by atoms with Crippen molar-refractivity contribution in [2.75, 3.05) is 4.90 Å². The number of hydrogen-bond acceptors (Lipinski definition) is 4. The van der Waals surface area contributed by atoms with Gasteiger partial charge < -0.3 is 0 Å². The molecule has 4 aliphatic rings. The smallest absolute Gasteiger partial charge is 0.274 e. The number of nitro groups is 1. The molecule has 1 aliphatic heterocycles. The largest absolute Gasteiger partial charge is 0.294 e. The fourth-order valence-electron chi connectivity index (χ4n) is 6.64. The maximum atomic E-state index is 14.0. The number of benzene rings is 3. The van der Waals surface area contributed by atoms with Crippen LogP contribution in [0.5, 0.6) is 0 Å². The minimum Gasteiger partial charge on any atom is -0.274 e. The van der Waals surface area contributed by atoms with E-state index in [-0.39, 0.29) is 23.2 Å². The van der Waals surface area contributed by atoms with E-state index in [1.165, 1.54) is 12.1 Å². The molecule has 33 heavy (non-hydrogen) atoms. The zero-order chi connectivity index (χ0) is 23.3. The molecule has 0 aromatic heterocycles. The van der Waals surface area contributed by atoms with E-state index in [1.807, 2.05) is 62.4 Å². The summed E-state index contributed by atoms with van der Waals surface area (Å²) in [5.74, 6) is -2.06. The molecule has 0 radical (unpaired) electrons. The van der Waals surface area contributed by atoms with Gasteiger partial charge in [0.05, 0.1) is 16.8 Å². The molecule has 1 saturated heterocycles. The van der Waals surface area contributed by atoms with Crippen molar-refractivity contribution in [3.05, 3.63) is 104 Å². The van der Waals surface area contributed by atoms with E-state index < -0.39 is 27.6 Å². The average Bonchev–Trinajstić information content (AvgIpc) is 3.08. The fourth-order valence-corrected chi connectivity index (χ4v) is 6.99. The number of carbonyl (C=O) groups excluding carboxylic acids is 2. The van der Waals surface area contributed by atoms with Crippen molar-refractivity contribution in [3.63, 3.8) is 0 Å². The molecule has 1 fully saturated rings. The lowest BCUT2D eigenvalue weighted by Gasteiger charge is -2.57. The molecular formula is C26H19BrN2O4.